The maximum atomic E-state index is 11.8. The van der Waals surface area contributed by atoms with Gasteiger partial charge in [-0.2, -0.15) is 0 Å². The lowest BCUT2D eigenvalue weighted by Gasteiger charge is -2.09. The van der Waals surface area contributed by atoms with Gasteiger partial charge in [0.05, 0.1) is 0 Å². The number of benzene rings is 2. The summed E-state index contributed by atoms with van der Waals surface area (Å²) in [5.41, 5.74) is 0.460. The highest BCUT2D eigenvalue weighted by atomic mass is 16.4. The zero-order valence-electron chi connectivity index (χ0n) is 9.88. The number of hydrogen-bond donors (Lipinski definition) is 2. The van der Waals surface area contributed by atoms with Gasteiger partial charge in [-0.1, -0.05) is 30.3 Å². The highest BCUT2D eigenvalue weighted by Gasteiger charge is 2.15. The predicted molar refractivity (Wildman–Crippen MR) is 68.5 cm³/mol. The molecule has 0 bridgehead atoms. The predicted octanol–water partition coefficient (Wildman–Crippen LogP) is 2.04. The molecule has 0 aromatic heterocycles. The van der Waals surface area contributed by atoms with Crippen molar-refractivity contribution >= 4 is 22.6 Å². The van der Waals surface area contributed by atoms with Crippen LogP contribution in [0.3, 0.4) is 0 Å². The van der Waals surface area contributed by atoms with Gasteiger partial charge >= 0.3 is 5.97 Å². The zero-order chi connectivity index (χ0) is 13.1. The van der Waals surface area contributed by atoms with Gasteiger partial charge in [0.2, 0.25) is 0 Å². The molecule has 0 saturated heterocycles. The average molecular weight is 243 g/mol. The fourth-order valence-electron chi connectivity index (χ4n) is 1.67. The Balaban J connectivity index is 2.25. The summed E-state index contributed by atoms with van der Waals surface area (Å²) in [5.74, 6) is -1.43. The summed E-state index contributed by atoms with van der Waals surface area (Å²) < 4.78 is 0. The summed E-state index contributed by atoms with van der Waals surface area (Å²) in [6.07, 6.45) is 0. The van der Waals surface area contributed by atoms with E-state index in [0.717, 1.165) is 10.8 Å². The lowest BCUT2D eigenvalue weighted by molar-refractivity contribution is -0.138. The monoisotopic (exact) mass is 243 g/mol. The first-order chi connectivity index (χ1) is 8.58. The first kappa shape index (κ1) is 12.1. The topological polar surface area (TPSA) is 66.4 Å². The fourth-order valence-corrected chi connectivity index (χ4v) is 1.67. The van der Waals surface area contributed by atoms with Crippen molar-refractivity contribution in [1.82, 2.24) is 5.32 Å². The van der Waals surface area contributed by atoms with Crippen LogP contribution in [0.15, 0.2) is 42.5 Å². The minimum atomic E-state index is -1.05. The van der Waals surface area contributed by atoms with Crippen LogP contribution in [0.1, 0.15) is 17.3 Å². The molecular weight excluding hydrogens is 230 g/mol. The van der Waals surface area contributed by atoms with E-state index < -0.39 is 12.0 Å². The van der Waals surface area contributed by atoms with Crippen molar-refractivity contribution in [3.05, 3.63) is 48.0 Å². The van der Waals surface area contributed by atoms with Crippen molar-refractivity contribution in [3.8, 4) is 0 Å². The maximum Gasteiger partial charge on any atom is 0.325 e. The van der Waals surface area contributed by atoms with E-state index in [2.05, 4.69) is 5.32 Å². The van der Waals surface area contributed by atoms with E-state index >= 15 is 0 Å². The summed E-state index contributed by atoms with van der Waals surface area (Å²) in [7, 11) is 0. The molecule has 18 heavy (non-hydrogen) atoms. The number of carbonyl (C=O) groups is 2. The molecule has 0 radical (unpaired) electrons. The number of carbonyl (C=O) groups excluding carboxylic acids is 1. The summed E-state index contributed by atoms with van der Waals surface area (Å²) in [6, 6.07) is 12.1. The largest absolute Gasteiger partial charge is 0.480 e. The summed E-state index contributed by atoms with van der Waals surface area (Å²) in [6.45, 7) is 1.43. The van der Waals surface area contributed by atoms with E-state index in [1.54, 1.807) is 12.1 Å². The van der Waals surface area contributed by atoms with E-state index in [9.17, 15) is 9.59 Å². The van der Waals surface area contributed by atoms with Crippen LogP contribution in [-0.2, 0) is 4.79 Å². The van der Waals surface area contributed by atoms with Crippen LogP contribution in [0, 0.1) is 0 Å². The van der Waals surface area contributed by atoms with Crippen molar-refractivity contribution in [3.63, 3.8) is 0 Å². The van der Waals surface area contributed by atoms with Crippen molar-refractivity contribution in [2.45, 2.75) is 13.0 Å². The lowest BCUT2D eigenvalue weighted by atomic mass is 10.1. The molecule has 0 aliphatic carbocycles. The lowest BCUT2D eigenvalue weighted by Crippen LogP contribution is -2.38. The molecule has 0 aliphatic heterocycles. The third kappa shape index (κ3) is 2.48. The second kappa shape index (κ2) is 4.87. The average Bonchev–Trinajstić information content (AvgIpc) is 2.37. The third-order valence-corrected chi connectivity index (χ3v) is 2.73. The molecule has 2 N–H and O–H groups in total. The normalized spacial score (nSPS) is 12.1. The van der Waals surface area contributed by atoms with Gasteiger partial charge in [0.15, 0.2) is 0 Å². The van der Waals surface area contributed by atoms with Gasteiger partial charge in [0.1, 0.15) is 6.04 Å². The molecule has 0 unspecified atom stereocenters. The van der Waals surface area contributed by atoms with Crippen LogP contribution in [0.2, 0.25) is 0 Å². The molecule has 92 valence electrons. The minimum Gasteiger partial charge on any atom is -0.480 e. The number of aliphatic carboxylic acids is 1. The molecular formula is C14H13NO3. The van der Waals surface area contributed by atoms with E-state index in [0.29, 0.717) is 5.56 Å². The smallest absolute Gasteiger partial charge is 0.325 e. The number of carboxylic acid groups (broad SMARTS) is 1. The summed E-state index contributed by atoms with van der Waals surface area (Å²) in [5, 5.41) is 13.2. The Bertz CT molecular complexity index is 607. The van der Waals surface area contributed by atoms with Crippen LogP contribution in [0.5, 0.6) is 0 Å². The first-order valence-electron chi connectivity index (χ1n) is 5.60. The molecule has 1 amide bonds. The Morgan fingerprint density at radius 1 is 1.11 bits per heavy atom. The minimum absolute atomic E-state index is 0.379. The van der Waals surface area contributed by atoms with Gasteiger partial charge in [0.25, 0.3) is 5.91 Å². The number of carboxylic acids is 1. The molecule has 0 spiro atoms. The molecule has 2 aromatic rings. The van der Waals surface area contributed by atoms with Gasteiger partial charge in [-0.3, -0.25) is 9.59 Å². The third-order valence-electron chi connectivity index (χ3n) is 2.73. The second-order valence-electron chi connectivity index (χ2n) is 4.10. The van der Waals surface area contributed by atoms with Gasteiger partial charge in [-0.05, 0) is 29.8 Å². The molecule has 0 fully saturated rings. The Morgan fingerprint density at radius 3 is 2.44 bits per heavy atom. The van der Waals surface area contributed by atoms with Gasteiger partial charge in [-0.25, -0.2) is 0 Å². The SMILES string of the molecule is C[C@@H](NC(=O)c1ccc2ccccc2c1)C(=O)O. The molecule has 4 heteroatoms. The van der Waals surface area contributed by atoms with E-state index in [1.807, 2.05) is 30.3 Å². The number of rotatable bonds is 3. The summed E-state index contributed by atoms with van der Waals surface area (Å²) >= 11 is 0. The molecule has 0 aliphatic rings. The van der Waals surface area contributed by atoms with Gasteiger partial charge in [0, 0.05) is 5.56 Å². The molecule has 2 aromatic carbocycles. The van der Waals surface area contributed by atoms with Gasteiger partial charge in [-0.15, -0.1) is 0 Å². The van der Waals surface area contributed by atoms with Crippen LogP contribution in [0.4, 0.5) is 0 Å². The van der Waals surface area contributed by atoms with Crippen LogP contribution >= 0.6 is 0 Å². The van der Waals surface area contributed by atoms with Crippen molar-refractivity contribution in [2.24, 2.45) is 0 Å². The number of amides is 1. The number of fused-ring (bicyclic) bond motifs is 1. The quantitative estimate of drug-likeness (QED) is 0.867. The summed E-state index contributed by atoms with van der Waals surface area (Å²) in [4.78, 5) is 22.5. The Kier molecular flexibility index (Phi) is 3.28. The molecule has 2 rings (SSSR count). The van der Waals surface area contributed by atoms with E-state index in [1.165, 1.54) is 6.92 Å². The number of nitrogens with one attached hydrogen (secondary N) is 1. The standard InChI is InChI=1S/C14H13NO3/c1-9(14(17)18)15-13(16)12-7-6-10-4-2-3-5-11(10)8-12/h2-9H,1H3,(H,15,16)(H,17,18)/t9-/m1/s1. The Morgan fingerprint density at radius 2 is 1.78 bits per heavy atom. The van der Waals surface area contributed by atoms with Crippen molar-refractivity contribution in [2.75, 3.05) is 0 Å². The van der Waals surface area contributed by atoms with Crippen molar-refractivity contribution < 1.29 is 14.7 Å². The van der Waals surface area contributed by atoms with Crippen LogP contribution < -0.4 is 5.32 Å². The van der Waals surface area contributed by atoms with E-state index in [-0.39, 0.29) is 5.91 Å². The molecule has 1 atom stereocenters. The Hall–Kier alpha value is -2.36. The molecule has 0 heterocycles. The Labute approximate surface area is 104 Å². The van der Waals surface area contributed by atoms with Crippen molar-refractivity contribution in [1.29, 1.82) is 0 Å². The highest BCUT2D eigenvalue weighted by molar-refractivity contribution is 6.00. The first-order valence-corrected chi connectivity index (χ1v) is 5.60. The van der Waals surface area contributed by atoms with Crippen LogP contribution in [0.25, 0.3) is 10.8 Å². The maximum absolute atomic E-state index is 11.8. The zero-order valence-corrected chi connectivity index (χ0v) is 9.88. The fraction of sp³-hybridized carbons (Fsp3) is 0.143. The molecule has 0 saturated carbocycles. The second-order valence-corrected chi connectivity index (χ2v) is 4.10. The highest BCUT2D eigenvalue weighted by Crippen LogP contribution is 2.15. The van der Waals surface area contributed by atoms with E-state index in [4.69, 9.17) is 5.11 Å². The number of hydrogen-bond acceptors (Lipinski definition) is 2. The van der Waals surface area contributed by atoms with Gasteiger partial charge < -0.3 is 10.4 Å². The molecule has 4 nitrogen and oxygen atoms in total. The van der Waals surface area contributed by atoms with Crippen LogP contribution in [-0.4, -0.2) is 23.0 Å².